The molecule has 11 heteroatoms. The monoisotopic (exact) mass is 542 g/mol. The molecule has 1 heterocycles. The first-order chi connectivity index (χ1) is 18.0. The van der Waals surface area contributed by atoms with E-state index in [1.54, 1.807) is 48.9 Å². The van der Waals surface area contributed by atoms with Crippen molar-refractivity contribution < 1.29 is 22.2 Å². The van der Waals surface area contributed by atoms with Crippen LogP contribution in [0.1, 0.15) is 53.0 Å². The van der Waals surface area contributed by atoms with Crippen LogP contribution >= 0.6 is 0 Å². The molecule has 7 nitrogen and oxygen atoms in total. The summed E-state index contributed by atoms with van der Waals surface area (Å²) in [7, 11) is -2.84. The SMILES string of the molecule is CC=S(=O)(NC#N)c1ccc(CNC(=O)c2cn(C3CC3)c(C)c(-c3cccc(C(F)(F)F)c3)c2=O)cc1. The molecule has 1 aliphatic carbocycles. The molecule has 1 aromatic heterocycles. The summed E-state index contributed by atoms with van der Waals surface area (Å²) in [6.45, 7) is 3.30. The lowest BCUT2D eigenvalue weighted by atomic mass is 9.98. The third kappa shape index (κ3) is 5.45. The van der Waals surface area contributed by atoms with E-state index in [-0.39, 0.29) is 29.3 Å². The van der Waals surface area contributed by atoms with E-state index in [9.17, 15) is 27.0 Å². The molecule has 0 bridgehead atoms. The number of carbonyl (C=O) groups excluding carboxylic acids is 1. The van der Waals surface area contributed by atoms with Gasteiger partial charge >= 0.3 is 6.18 Å². The molecule has 4 rings (SSSR count). The maximum Gasteiger partial charge on any atom is 0.416 e. The highest BCUT2D eigenvalue weighted by Crippen LogP contribution is 2.38. The molecule has 1 saturated carbocycles. The summed E-state index contributed by atoms with van der Waals surface area (Å²) in [6.07, 6.45) is 0.278. The maximum absolute atomic E-state index is 13.4. The van der Waals surface area contributed by atoms with Crippen LogP contribution in [0, 0.1) is 18.4 Å². The molecule has 38 heavy (non-hydrogen) atoms. The Morgan fingerprint density at radius 2 is 1.89 bits per heavy atom. The summed E-state index contributed by atoms with van der Waals surface area (Å²) in [5, 5.41) is 13.0. The number of carbonyl (C=O) groups is 1. The number of alkyl halides is 3. The second-order valence-electron chi connectivity index (χ2n) is 8.93. The van der Waals surface area contributed by atoms with Gasteiger partial charge in [0.05, 0.1) is 20.2 Å². The Balaban J connectivity index is 1.65. The number of aromatic nitrogens is 1. The fourth-order valence-electron chi connectivity index (χ4n) is 4.22. The van der Waals surface area contributed by atoms with Crippen molar-refractivity contribution in [1.29, 1.82) is 5.26 Å². The maximum atomic E-state index is 13.4. The van der Waals surface area contributed by atoms with Crippen LogP contribution in [0.3, 0.4) is 0 Å². The Bertz CT molecular complexity index is 1610. The molecule has 2 N–H and O–H groups in total. The lowest BCUT2D eigenvalue weighted by Gasteiger charge is -2.17. The molecule has 1 aliphatic rings. The van der Waals surface area contributed by atoms with Gasteiger partial charge in [0.2, 0.25) is 5.43 Å². The van der Waals surface area contributed by atoms with Crippen molar-refractivity contribution in [3.63, 3.8) is 0 Å². The van der Waals surface area contributed by atoms with Crippen LogP contribution in [0.15, 0.2) is 64.4 Å². The van der Waals surface area contributed by atoms with E-state index in [2.05, 4.69) is 10.0 Å². The van der Waals surface area contributed by atoms with Gasteiger partial charge in [-0.1, -0.05) is 24.3 Å². The number of halogens is 3. The molecular formula is C27H25F3N4O3S. The summed E-state index contributed by atoms with van der Waals surface area (Å²) in [5.41, 5.74) is -0.351. The summed E-state index contributed by atoms with van der Waals surface area (Å²) >= 11 is 0. The molecule has 1 unspecified atom stereocenters. The van der Waals surface area contributed by atoms with Gasteiger partial charge in [0.15, 0.2) is 6.19 Å². The second-order valence-corrected chi connectivity index (χ2v) is 11.3. The van der Waals surface area contributed by atoms with Crippen molar-refractivity contribution in [2.24, 2.45) is 0 Å². The predicted molar refractivity (Wildman–Crippen MR) is 139 cm³/mol. The van der Waals surface area contributed by atoms with Gasteiger partial charge < -0.3 is 9.88 Å². The average molecular weight is 543 g/mol. The van der Waals surface area contributed by atoms with Crippen molar-refractivity contribution in [2.75, 3.05) is 0 Å². The van der Waals surface area contributed by atoms with Crippen molar-refractivity contribution in [2.45, 2.75) is 50.3 Å². The second kappa shape index (κ2) is 10.4. The topological polar surface area (TPSA) is 104 Å². The van der Waals surface area contributed by atoms with Crippen LogP contribution in [0.25, 0.3) is 11.1 Å². The molecule has 0 spiro atoms. The molecule has 1 atom stereocenters. The zero-order valence-electron chi connectivity index (χ0n) is 20.6. The van der Waals surface area contributed by atoms with Crippen LogP contribution in [0.2, 0.25) is 0 Å². The minimum absolute atomic E-state index is 0.0530. The van der Waals surface area contributed by atoms with E-state index < -0.39 is 32.8 Å². The molecule has 0 aliphatic heterocycles. The number of benzene rings is 2. The van der Waals surface area contributed by atoms with E-state index in [0.29, 0.717) is 16.2 Å². The van der Waals surface area contributed by atoms with E-state index in [4.69, 9.17) is 5.26 Å². The van der Waals surface area contributed by atoms with Gasteiger partial charge in [-0.3, -0.25) is 9.59 Å². The third-order valence-corrected chi connectivity index (χ3v) is 8.44. The largest absolute Gasteiger partial charge is 0.416 e. The molecular weight excluding hydrogens is 517 g/mol. The van der Waals surface area contributed by atoms with Crippen LogP contribution in [0.4, 0.5) is 13.2 Å². The number of nitrogens with zero attached hydrogens (tertiary/aromatic N) is 2. The Kier molecular flexibility index (Phi) is 7.37. The minimum Gasteiger partial charge on any atom is -0.348 e. The Hall–Kier alpha value is -4.04. The van der Waals surface area contributed by atoms with Crippen molar-refractivity contribution in [3.05, 3.63) is 87.3 Å². The number of rotatable bonds is 7. The quantitative estimate of drug-likeness (QED) is 0.260. The summed E-state index contributed by atoms with van der Waals surface area (Å²) in [6, 6.07) is 11.1. The highest BCUT2D eigenvalue weighted by Gasteiger charge is 2.32. The van der Waals surface area contributed by atoms with Crippen molar-refractivity contribution >= 4 is 21.0 Å². The molecule has 0 saturated heterocycles. The van der Waals surface area contributed by atoms with Crippen LogP contribution < -0.4 is 15.5 Å². The Morgan fingerprint density at radius 1 is 1.21 bits per heavy atom. The van der Waals surface area contributed by atoms with E-state index in [0.717, 1.165) is 25.0 Å². The molecule has 1 fully saturated rings. The Labute approximate surface area is 218 Å². The van der Waals surface area contributed by atoms with Crippen LogP contribution in [-0.4, -0.2) is 20.1 Å². The summed E-state index contributed by atoms with van der Waals surface area (Å²) in [4.78, 5) is 26.9. The van der Waals surface area contributed by atoms with E-state index in [1.807, 2.05) is 0 Å². The first-order valence-corrected chi connectivity index (χ1v) is 13.4. The number of nitriles is 1. The van der Waals surface area contributed by atoms with Gasteiger partial charge in [-0.2, -0.15) is 18.4 Å². The predicted octanol–water partition coefficient (Wildman–Crippen LogP) is 4.56. The summed E-state index contributed by atoms with van der Waals surface area (Å²) < 4.78 is 56.8. The lowest BCUT2D eigenvalue weighted by Crippen LogP contribution is -2.31. The van der Waals surface area contributed by atoms with Crippen LogP contribution in [-0.2, 0) is 22.4 Å². The smallest absolute Gasteiger partial charge is 0.348 e. The Morgan fingerprint density at radius 3 is 2.47 bits per heavy atom. The number of nitrogens with one attached hydrogen (secondary N) is 2. The number of amides is 1. The van der Waals surface area contributed by atoms with Gasteiger partial charge in [-0.15, -0.1) is 0 Å². The fraction of sp³-hybridized carbons (Fsp3) is 0.259. The van der Waals surface area contributed by atoms with Crippen molar-refractivity contribution in [1.82, 2.24) is 14.6 Å². The van der Waals surface area contributed by atoms with Gasteiger partial charge in [-0.05, 0) is 67.4 Å². The summed E-state index contributed by atoms with van der Waals surface area (Å²) in [5.74, 6) is -0.654. The number of pyridine rings is 1. The zero-order chi connectivity index (χ0) is 27.7. The standard InChI is InChI=1S/C27H25F3N4O3S/c1-3-38(37,33-16-31)22-11-7-18(8-12-22)14-32-26(36)23-15-34(21-9-10-21)17(2)24(25(23)35)19-5-4-6-20(13-19)27(28,29)30/h3-8,11-13,15,21H,9-10,14H2,1-2H3,(H,32,36)(H,33,37). The van der Waals surface area contributed by atoms with E-state index in [1.165, 1.54) is 23.7 Å². The molecule has 3 aromatic rings. The lowest BCUT2D eigenvalue weighted by molar-refractivity contribution is -0.137. The van der Waals surface area contributed by atoms with Gasteiger partial charge in [-0.25, -0.2) is 8.93 Å². The highest BCUT2D eigenvalue weighted by molar-refractivity contribution is 7.99. The zero-order valence-corrected chi connectivity index (χ0v) is 21.4. The first kappa shape index (κ1) is 27.0. The molecule has 2 aromatic carbocycles. The van der Waals surface area contributed by atoms with E-state index >= 15 is 0 Å². The highest BCUT2D eigenvalue weighted by atomic mass is 32.2. The molecule has 198 valence electrons. The number of hydrogen-bond donors (Lipinski definition) is 2. The van der Waals surface area contributed by atoms with Crippen molar-refractivity contribution in [3.8, 4) is 17.3 Å². The first-order valence-electron chi connectivity index (χ1n) is 11.8. The third-order valence-electron chi connectivity index (χ3n) is 6.41. The number of hydrogen-bond acceptors (Lipinski definition) is 4. The minimum atomic E-state index is -4.57. The molecule has 0 radical (unpaired) electrons. The van der Waals surface area contributed by atoms with Gasteiger partial charge in [0.1, 0.15) is 5.56 Å². The molecule has 1 amide bonds. The van der Waals surface area contributed by atoms with Gasteiger partial charge in [0.25, 0.3) is 5.91 Å². The fourth-order valence-corrected chi connectivity index (χ4v) is 5.40. The van der Waals surface area contributed by atoms with Crippen LogP contribution in [0.5, 0.6) is 0 Å². The van der Waals surface area contributed by atoms with Gasteiger partial charge in [0, 0.05) is 30.0 Å². The normalized spacial score (nSPS) is 14.7. The average Bonchev–Trinajstić information content (AvgIpc) is 3.73.